The maximum absolute atomic E-state index is 4.91. The monoisotopic (exact) mass is 211 g/mol. The Bertz CT molecular complexity index is 273. The average molecular weight is 211 g/mol. The van der Waals surface area contributed by atoms with Crippen molar-refractivity contribution >= 4 is 0 Å². The smallest absolute Gasteiger partial charge is 0.223 e. The topological polar surface area (TPSA) is 51.0 Å². The van der Waals surface area contributed by atoms with Crippen LogP contribution in [-0.2, 0) is 6.54 Å². The molecule has 1 unspecified atom stereocenters. The van der Waals surface area contributed by atoms with E-state index in [9.17, 15) is 0 Å². The van der Waals surface area contributed by atoms with Gasteiger partial charge in [-0.05, 0) is 12.8 Å². The van der Waals surface area contributed by atoms with Crippen molar-refractivity contribution in [3.63, 3.8) is 0 Å². The Labute approximate surface area is 91.5 Å². The first kappa shape index (κ1) is 12.2. The number of unbranched alkanes of at least 4 members (excludes halogenated alkanes) is 1. The van der Waals surface area contributed by atoms with Crippen LogP contribution in [0.2, 0.25) is 0 Å². The van der Waals surface area contributed by atoms with Crippen LogP contribution in [0, 0.1) is 6.92 Å². The maximum atomic E-state index is 4.91. The molecule has 0 aliphatic carbocycles. The van der Waals surface area contributed by atoms with Gasteiger partial charge in [-0.1, -0.05) is 31.8 Å². The summed E-state index contributed by atoms with van der Waals surface area (Å²) in [4.78, 5) is 4.16. The highest BCUT2D eigenvalue weighted by molar-refractivity contribution is 4.83. The number of nitrogens with one attached hydrogen (secondary N) is 1. The normalized spacial score (nSPS) is 13.0. The van der Waals surface area contributed by atoms with Gasteiger partial charge in [0.25, 0.3) is 0 Å². The Morgan fingerprint density at radius 1 is 1.40 bits per heavy atom. The van der Waals surface area contributed by atoms with Crippen molar-refractivity contribution in [1.82, 2.24) is 15.5 Å². The van der Waals surface area contributed by atoms with Crippen molar-refractivity contribution in [3.05, 3.63) is 11.7 Å². The van der Waals surface area contributed by atoms with E-state index in [0.29, 0.717) is 18.5 Å². The molecule has 1 N–H and O–H groups in total. The molecule has 15 heavy (non-hydrogen) atoms. The Morgan fingerprint density at radius 3 is 2.73 bits per heavy atom. The molecule has 0 saturated carbocycles. The number of aryl methyl sites for hydroxylation is 1. The summed E-state index contributed by atoms with van der Waals surface area (Å²) in [5, 5.41) is 7.30. The van der Waals surface area contributed by atoms with Crippen LogP contribution in [0.5, 0.6) is 0 Å². The van der Waals surface area contributed by atoms with Crippen LogP contribution in [0.4, 0.5) is 0 Å². The number of rotatable bonds is 7. The summed E-state index contributed by atoms with van der Waals surface area (Å²) in [5.74, 6) is 1.39. The second-order valence-electron chi connectivity index (χ2n) is 3.86. The molecule has 0 saturated heterocycles. The van der Waals surface area contributed by atoms with E-state index in [4.69, 9.17) is 4.52 Å². The van der Waals surface area contributed by atoms with E-state index in [1.807, 2.05) is 6.92 Å². The fourth-order valence-electron chi connectivity index (χ4n) is 1.55. The van der Waals surface area contributed by atoms with Gasteiger partial charge in [-0.25, -0.2) is 0 Å². The number of aromatic nitrogens is 2. The molecule has 4 heteroatoms. The van der Waals surface area contributed by atoms with Crippen molar-refractivity contribution in [2.24, 2.45) is 0 Å². The fourth-order valence-corrected chi connectivity index (χ4v) is 1.55. The van der Waals surface area contributed by atoms with Gasteiger partial charge in [0.15, 0.2) is 5.82 Å². The predicted molar refractivity (Wildman–Crippen MR) is 59.5 cm³/mol. The molecule has 0 spiro atoms. The quantitative estimate of drug-likeness (QED) is 0.752. The summed E-state index contributed by atoms with van der Waals surface area (Å²) in [6.45, 7) is 6.94. The van der Waals surface area contributed by atoms with Gasteiger partial charge in [0.05, 0.1) is 6.54 Å². The molecular formula is C11H21N3O. The second-order valence-corrected chi connectivity index (χ2v) is 3.86. The van der Waals surface area contributed by atoms with Crippen LogP contribution >= 0.6 is 0 Å². The van der Waals surface area contributed by atoms with E-state index in [2.05, 4.69) is 29.3 Å². The third kappa shape index (κ3) is 4.42. The van der Waals surface area contributed by atoms with E-state index >= 15 is 0 Å². The van der Waals surface area contributed by atoms with Gasteiger partial charge >= 0.3 is 0 Å². The molecule has 1 rings (SSSR count). The first-order valence-electron chi connectivity index (χ1n) is 5.78. The average Bonchev–Trinajstić information content (AvgIpc) is 2.65. The molecule has 0 radical (unpaired) electrons. The maximum Gasteiger partial charge on any atom is 0.223 e. The molecule has 1 aromatic heterocycles. The van der Waals surface area contributed by atoms with E-state index < -0.39 is 0 Å². The standard InChI is InChI=1S/C11H21N3O/c1-4-6-7-10(5-2)12-8-11-13-9(3)15-14-11/h10,12H,4-8H2,1-3H3. The van der Waals surface area contributed by atoms with Crippen LogP contribution in [0.1, 0.15) is 51.2 Å². The molecule has 86 valence electrons. The SMILES string of the molecule is CCCCC(CC)NCc1noc(C)n1. The van der Waals surface area contributed by atoms with Crippen LogP contribution in [0.15, 0.2) is 4.52 Å². The van der Waals surface area contributed by atoms with Crippen LogP contribution in [0.25, 0.3) is 0 Å². The van der Waals surface area contributed by atoms with Gasteiger partial charge in [0.1, 0.15) is 0 Å². The van der Waals surface area contributed by atoms with Gasteiger partial charge in [-0.3, -0.25) is 0 Å². The molecule has 0 fully saturated rings. The van der Waals surface area contributed by atoms with Crippen molar-refractivity contribution in [2.75, 3.05) is 0 Å². The van der Waals surface area contributed by atoms with Gasteiger partial charge in [0, 0.05) is 13.0 Å². The minimum atomic E-state index is 0.573. The van der Waals surface area contributed by atoms with Crippen molar-refractivity contribution in [1.29, 1.82) is 0 Å². The van der Waals surface area contributed by atoms with Crippen molar-refractivity contribution in [3.8, 4) is 0 Å². The summed E-state index contributed by atoms with van der Waals surface area (Å²) in [5.41, 5.74) is 0. The highest BCUT2D eigenvalue weighted by Gasteiger charge is 2.07. The summed E-state index contributed by atoms with van der Waals surface area (Å²) in [6, 6.07) is 0.573. The largest absolute Gasteiger partial charge is 0.340 e. The molecule has 1 atom stereocenters. The summed E-state index contributed by atoms with van der Waals surface area (Å²) < 4.78 is 4.91. The van der Waals surface area contributed by atoms with Crippen LogP contribution in [-0.4, -0.2) is 16.2 Å². The highest BCUT2D eigenvalue weighted by Crippen LogP contribution is 2.05. The molecule has 0 amide bonds. The van der Waals surface area contributed by atoms with Gasteiger partial charge in [-0.15, -0.1) is 0 Å². The zero-order valence-corrected chi connectivity index (χ0v) is 9.92. The van der Waals surface area contributed by atoms with Crippen LogP contribution in [0.3, 0.4) is 0 Å². The van der Waals surface area contributed by atoms with E-state index in [1.165, 1.54) is 19.3 Å². The summed E-state index contributed by atoms with van der Waals surface area (Å²) in [6.07, 6.45) is 4.90. The molecular weight excluding hydrogens is 190 g/mol. The number of hydrogen-bond acceptors (Lipinski definition) is 4. The lowest BCUT2D eigenvalue weighted by Crippen LogP contribution is -2.28. The third-order valence-corrected chi connectivity index (χ3v) is 2.52. The molecule has 4 nitrogen and oxygen atoms in total. The second kappa shape index (κ2) is 6.56. The van der Waals surface area contributed by atoms with Gasteiger partial charge in [0.2, 0.25) is 5.89 Å². The molecule has 1 aromatic rings. The first-order valence-corrected chi connectivity index (χ1v) is 5.78. The summed E-state index contributed by atoms with van der Waals surface area (Å²) >= 11 is 0. The Kier molecular flexibility index (Phi) is 5.32. The van der Waals surface area contributed by atoms with Gasteiger partial charge in [-0.2, -0.15) is 4.98 Å². The lowest BCUT2D eigenvalue weighted by Gasteiger charge is -2.14. The lowest BCUT2D eigenvalue weighted by atomic mass is 10.1. The lowest BCUT2D eigenvalue weighted by molar-refractivity contribution is 0.380. The predicted octanol–water partition coefficient (Wildman–Crippen LogP) is 2.44. The van der Waals surface area contributed by atoms with E-state index in [-0.39, 0.29) is 0 Å². The zero-order valence-electron chi connectivity index (χ0n) is 9.92. The summed E-state index contributed by atoms with van der Waals surface area (Å²) in [7, 11) is 0. The molecule has 0 bridgehead atoms. The third-order valence-electron chi connectivity index (χ3n) is 2.52. The van der Waals surface area contributed by atoms with Crippen LogP contribution < -0.4 is 5.32 Å². The van der Waals surface area contributed by atoms with Gasteiger partial charge < -0.3 is 9.84 Å². The molecule has 0 aliphatic heterocycles. The minimum Gasteiger partial charge on any atom is -0.340 e. The van der Waals surface area contributed by atoms with Crippen molar-refractivity contribution in [2.45, 2.75) is 59.0 Å². The zero-order chi connectivity index (χ0) is 11.1. The fraction of sp³-hybridized carbons (Fsp3) is 0.818. The minimum absolute atomic E-state index is 0.573. The molecule has 0 aliphatic rings. The number of hydrogen-bond donors (Lipinski definition) is 1. The molecule has 1 heterocycles. The Morgan fingerprint density at radius 2 is 2.20 bits per heavy atom. The Balaban J connectivity index is 2.27. The number of nitrogens with zero attached hydrogens (tertiary/aromatic N) is 2. The van der Waals surface area contributed by atoms with E-state index in [0.717, 1.165) is 12.2 Å². The Hall–Kier alpha value is -0.900. The highest BCUT2D eigenvalue weighted by atomic mass is 16.5. The first-order chi connectivity index (χ1) is 7.26. The van der Waals surface area contributed by atoms with E-state index in [1.54, 1.807) is 0 Å². The van der Waals surface area contributed by atoms with Crippen molar-refractivity contribution < 1.29 is 4.52 Å². The molecule has 0 aromatic carbocycles.